The topological polar surface area (TPSA) is 56.9 Å². The Morgan fingerprint density at radius 2 is 1.75 bits per heavy atom. The van der Waals surface area contributed by atoms with Crippen LogP contribution in [0, 0.1) is 13.8 Å². The Morgan fingerprint density at radius 3 is 2.43 bits per heavy atom. The van der Waals surface area contributed by atoms with E-state index < -0.39 is 0 Å². The van der Waals surface area contributed by atoms with E-state index in [0.29, 0.717) is 17.2 Å². The number of aromatic amines is 1. The molecule has 0 fully saturated rings. The summed E-state index contributed by atoms with van der Waals surface area (Å²) >= 11 is 5.46. The Kier molecular flexibility index (Phi) is 6.26. The summed E-state index contributed by atoms with van der Waals surface area (Å²) in [6.07, 6.45) is 1.50. The van der Waals surface area contributed by atoms with Gasteiger partial charge < -0.3 is 15.6 Å². The molecule has 0 atom stereocenters. The van der Waals surface area contributed by atoms with Crippen molar-refractivity contribution in [1.82, 2.24) is 4.98 Å². The van der Waals surface area contributed by atoms with Crippen molar-refractivity contribution in [3.63, 3.8) is 0 Å². The SMILES string of the molecule is CCc1c(C)[nH]c(=O)c(NC(=S)Nc2ccccc2)c1Cc1cccc(C)c1. The minimum Gasteiger partial charge on any atom is -0.332 e. The number of benzene rings is 2. The molecular formula is C23H25N3OS. The number of thiocarbonyl (C=S) groups is 1. The van der Waals surface area contributed by atoms with Crippen LogP contribution >= 0.6 is 12.2 Å². The van der Waals surface area contributed by atoms with Gasteiger partial charge in [-0.2, -0.15) is 0 Å². The molecular weight excluding hydrogens is 366 g/mol. The molecule has 3 rings (SSSR count). The lowest BCUT2D eigenvalue weighted by atomic mass is 9.95. The molecule has 1 heterocycles. The summed E-state index contributed by atoms with van der Waals surface area (Å²) in [5, 5.41) is 6.67. The first-order valence-corrected chi connectivity index (χ1v) is 9.82. The highest BCUT2D eigenvalue weighted by Crippen LogP contribution is 2.23. The summed E-state index contributed by atoms with van der Waals surface area (Å²) in [5.41, 5.74) is 6.64. The third-order valence-corrected chi connectivity index (χ3v) is 4.94. The van der Waals surface area contributed by atoms with Crippen molar-refractivity contribution < 1.29 is 0 Å². The average Bonchev–Trinajstić information content (AvgIpc) is 2.66. The zero-order valence-electron chi connectivity index (χ0n) is 16.4. The molecule has 0 saturated heterocycles. The number of aromatic nitrogens is 1. The van der Waals surface area contributed by atoms with Crippen LogP contribution in [0.5, 0.6) is 0 Å². The maximum Gasteiger partial charge on any atom is 0.272 e. The first kappa shape index (κ1) is 19.8. The first-order chi connectivity index (χ1) is 13.5. The highest BCUT2D eigenvalue weighted by atomic mass is 32.1. The van der Waals surface area contributed by atoms with E-state index in [-0.39, 0.29) is 5.56 Å². The number of aryl methyl sites for hydroxylation is 2. The van der Waals surface area contributed by atoms with E-state index in [4.69, 9.17) is 12.2 Å². The molecule has 0 spiro atoms. The van der Waals surface area contributed by atoms with Gasteiger partial charge in [0.1, 0.15) is 5.69 Å². The number of para-hydroxylation sites is 1. The molecule has 0 amide bonds. The van der Waals surface area contributed by atoms with Gasteiger partial charge in [-0.25, -0.2) is 0 Å². The molecule has 5 heteroatoms. The van der Waals surface area contributed by atoms with Gasteiger partial charge in [0.15, 0.2) is 5.11 Å². The number of nitrogens with one attached hydrogen (secondary N) is 3. The van der Waals surface area contributed by atoms with E-state index in [0.717, 1.165) is 28.9 Å². The fraction of sp³-hybridized carbons (Fsp3) is 0.217. The zero-order chi connectivity index (χ0) is 20.1. The van der Waals surface area contributed by atoms with Gasteiger partial charge in [0, 0.05) is 17.8 Å². The van der Waals surface area contributed by atoms with Gasteiger partial charge in [-0.1, -0.05) is 55.0 Å². The van der Waals surface area contributed by atoms with Gasteiger partial charge in [0.05, 0.1) is 0 Å². The van der Waals surface area contributed by atoms with E-state index in [1.807, 2.05) is 43.3 Å². The molecule has 0 saturated carbocycles. The van der Waals surface area contributed by atoms with E-state index in [1.165, 1.54) is 11.1 Å². The second kappa shape index (κ2) is 8.85. The highest BCUT2D eigenvalue weighted by Gasteiger charge is 2.16. The molecule has 0 aliphatic carbocycles. The first-order valence-electron chi connectivity index (χ1n) is 9.41. The van der Waals surface area contributed by atoms with E-state index >= 15 is 0 Å². The molecule has 0 aliphatic rings. The van der Waals surface area contributed by atoms with Crippen LogP contribution in [0.3, 0.4) is 0 Å². The van der Waals surface area contributed by atoms with Crippen molar-refractivity contribution in [2.24, 2.45) is 0 Å². The number of H-pyrrole nitrogens is 1. The highest BCUT2D eigenvalue weighted by molar-refractivity contribution is 7.80. The minimum absolute atomic E-state index is 0.158. The number of hydrogen-bond donors (Lipinski definition) is 3. The normalized spacial score (nSPS) is 10.5. The van der Waals surface area contributed by atoms with Crippen LogP contribution in [0.25, 0.3) is 0 Å². The van der Waals surface area contributed by atoms with E-state index in [2.05, 4.69) is 47.7 Å². The molecule has 144 valence electrons. The van der Waals surface area contributed by atoms with Crippen molar-refractivity contribution in [2.45, 2.75) is 33.6 Å². The third-order valence-electron chi connectivity index (χ3n) is 4.73. The maximum absolute atomic E-state index is 12.8. The molecule has 0 aliphatic heterocycles. The van der Waals surface area contributed by atoms with E-state index in [9.17, 15) is 4.79 Å². The van der Waals surface area contributed by atoms with Crippen LogP contribution in [0.15, 0.2) is 59.4 Å². The molecule has 4 nitrogen and oxygen atoms in total. The van der Waals surface area contributed by atoms with Gasteiger partial charge in [0.2, 0.25) is 0 Å². The lowest BCUT2D eigenvalue weighted by Gasteiger charge is -2.18. The second-order valence-electron chi connectivity index (χ2n) is 6.88. The lowest BCUT2D eigenvalue weighted by Crippen LogP contribution is -2.27. The van der Waals surface area contributed by atoms with Crippen LogP contribution in [0.4, 0.5) is 11.4 Å². The summed E-state index contributed by atoms with van der Waals surface area (Å²) in [6, 6.07) is 18.0. The van der Waals surface area contributed by atoms with Crippen LogP contribution in [0.2, 0.25) is 0 Å². The lowest BCUT2D eigenvalue weighted by molar-refractivity contribution is 0.978. The predicted molar refractivity (Wildman–Crippen MR) is 121 cm³/mol. The van der Waals surface area contributed by atoms with Crippen LogP contribution < -0.4 is 16.2 Å². The van der Waals surface area contributed by atoms with Crippen LogP contribution in [0.1, 0.15) is 34.9 Å². The van der Waals surface area contributed by atoms with Gasteiger partial charge in [-0.15, -0.1) is 0 Å². The molecule has 0 bridgehead atoms. The van der Waals surface area contributed by atoms with Crippen molar-refractivity contribution in [3.05, 3.63) is 92.9 Å². The van der Waals surface area contributed by atoms with Gasteiger partial charge in [-0.3, -0.25) is 4.79 Å². The Morgan fingerprint density at radius 1 is 1.00 bits per heavy atom. The Hall–Kier alpha value is -2.92. The summed E-state index contributed by atoms with van der Waals surface area (Å²) in [6.45, 7) is 6.13. The predicted octanol–water partition coefficient (Wildman–Crippen LogP) is 4.95. The van der Waals surface area contributed by atoms with Crippen molar-refractivity contribution in [2.75, 3.05) is 10.6 Å². The fourth-order valence-corrected chi connectivity index (χ4v) is 3.67. The van der Waals surface area contributed by atoms with E-state index in [1.54, 1.807) is 0 Å². The molecule has 28 heavy (non-hydrogen) atoms. The van der Waals surface area contributed by atoms with Crippen LogP contribution in [-0.2, 0) is 12.8 Å². The molecule has 2 aromatic carbocycles. The molecule has 3 aromatic rings. The molecule has 0 unspecified atom stereocenters. The van der Waals surface area contributed by atoms with Gasteiger partial charge in [-0.05, 0) is 61.3 Å². The van der Waals surface area contributed by atoms with Crippen molar-refractivity contribution >= 4 is 28.7 Å². The largest absolute Gasteiger partial charge is 0.332 e. The number of rotatable bonds is 5. The summed E-state index contributed by atoms with van der Waals surface area (Å²) in [7, 11) is 0. The number of pyridine rings is 1. The quantitative estimate of drug-likeness (QED) is 0.539. The summed E-state index contributed by atoms with van der Waals surface area (Å²) in [5.74, 6) is 0. The number of anilines is 2. The maximum atomic E-state index is 12.8. The van der Waals surface area contributed by atoms with Crippen molar-refractivity contribution in [3.8, 4) is 0 Å². The van der Waals surface area contributed by atoms with Gasteiger partial charge in [0.25, 0.3) is 5.56 Å². The van der Waals surface area contributed by atoms with Gasteiger partial charge >= 0.3 is 0 Å². The molecule has 3 N–H and O–H groups in total. The van der Waals surface area contributed by atoms with Crippen LogP contribution in [-0.4, -0.2) is 10.1 Å². The Labute approximate surface area is 171 Å². The molecule has 0 radical (unpaired) electrons. The Balaban J connectivity index is 1.97. The van der Waals surface area contributed by atoms with Crippen molar-refractivity contribution in [1.29, 1.82) is 0 Å². The standard InChI is InChI=1S/C23H25N3OS/c1-4-19-16(3)24-22(27)21(20(19)14-17-10-8-9-15(2)13-17)26-23(28)25-18-11-6-5-7-12-18/h5-13H,4,14H2,1-3H3,(H,24,27)(H2,25,26,28). The monoisotopic (exact) mass is 391 g/mol. The Bertz CT molecular complexity index is 1040. The summed E-state index contributed by atoms with van der Waals surface area (Å²) in [4.78, 5) is 15.7. The third kappa shape index (κ3) is 4.67. The second-order valence-corrected chi connectivity index (χ2v) is 7.28. The number of hydrogen-bond acceptors (Lipinski definition) is 2. The fourth-order valence-electron chi connectivity index (χ4n) is 3.45. The zero-order valence-corrected chi connectivity index (χ0v) is 17.2. The minimum atomic E-state index is -0.158. The molecule has 1 aromatic heterocycles. The summed E-state index contributed by atoms with van der Waals surface area (Å²) < 4.78 is 0. The average molecular weight is 392 g/mol. The smallest absolute Gasteiger partial charge is 0.272 e.